The van der Waals surface area contributed by atoms with Gasteiger partial charge in [0.05, 0.1) is 12.6 Å². The molecule has 6 nitrogen and oxygen atoms in total. The summed E-state index contributed by atoms with van der Waals surface area (Å²) >= 11 is 0. The van der Waals surface area contributed by atoms with Gasteiger partial charge < -0.3 is 9.52 Å². The summed E-state index contributed by atoms with van der Waals surface area (Å²) in [5.74, 6) is 0.602. The standard InChI is InChI=1S/C13H17N3O3/c1-8-9(2)19-13(11(8)5-14)15-12(18)7-16-4-3-10(17)6-16/h10,17H,3-4,6-7H2,1-2H3,(H,15,18)/t10-/m0/s1. The molecular weight excluding hydrogens is 246 g/mol. The number of nitriles is 1. The number of aryl methyl sites for hydroxylation is 1. The highest BCUT2D eigenvalue weighted by Crippen LogP contribution is 2.25. The molecule has 1 aliphatic rings. The predicted molar refractivity (Wildman–Crippen MR) is 68.6 cm³/mol. The molecule has 1 fully saturated rings. The summed E-state index contributed by atoms with van der Waals surface area (Å²) < 4.78 is 5.37. The maximum Gasteiger partial charge on any atom is 0.240 e. The van der Waals surface area contributed by atoms with Crippen LogP contribution in [-0.4, -0.2) is 41.7 Å². The second-order valence-corrected chi connectivity index (χ2v) is 4.82. The Kier molecular flexibility index (Phi) is 3.88. The molecule has 0 bridgehead atoms. The van der Waals surface area contributed by atoms with Crippen molar-refractivity contribution >= 4 is 11.8 Å². The minimum atomic E-state index is -0.351. The Balaban J connectivity index is 2.00. The average molecular weight is 263 g/mol. The Bertz CT molecular complexity index is 530. The zero-order chi connectivity index (χ0) is 14.0. The number of nitrogens with one attached hydrogen (secondary N) is 1. The molecule has 1 aromatic heterocycles. The van der Waals surface area contributed by atoms with Gasteiger partial charge in [-0.1, -0.05) is 0 Å². The monoisotopic (exact) mass is 263 g/mol. The molecule has 0 saturated carbocycles. The Morgan fingerprint density at radius 3 is 2.95 bits per heavy atom. The van der Waals surface area contributed by atoms with Crippen LogP contribution in [-0.2, 0) is 4.79 Å². The van der Waals surface area contributed by atoms with Gasteiger partial charge in [-0.15, -0.1) is 0 Å². The molecule has 1 aliphatic heterocycles. The predicted octanol–water partition coefficient (Wildman–Crippen LogP) is 0.773. The van der Waals surface area contributed by atoms with Crippen molar-refractivity contribution in [3.63, 3.8) is 0 Å². The number of furan rings is 1. The number of β-amino-alcohol motifs (C(OH)–C–C–N with tert-alkyl or cyclic N) is 1. The van der Waals surface area contributed by atoms with Crippen LogP contribution in [0.5, 0.6) is 0 Å². The molecule has 0 aliphatic carbocycles. The van der Waals surface area contributed by atoms with Gasteiger partial charge in [-0.3, -0.25) is 15.0 Å². The molecule has 0 aromatic carbocycles. The lowest BCUT2D eigenvalue weighted by Gasteiger charge is -2.13. The van der Waals surface area contributed by atoms with E-state index >= 15 is 0 Å². The quantitative estimate of drug-likeness (QED) is 0.841. The van der Waals surface area contributed by atoms with Crippen LogP contribution >= 0.6 is 0 Å². The fourth-order valence-corrected chi connectivity index (χ4v) is 2.17. The highest BCUT2D eigenvalue weighted by atomic mass is 16.4. The summed E-state index contributed by atoms with van der Waals surface area (Å²) in [6.45, 7) is 4.94. The minimum Gasteiger partial charge on any atom is -0.444 e. The summed E-state index contributed by atoms with van der Waals surface area (Å²) in [4.78, 5) is 13.7. The van der Waals surface area contributed by atoms with Gasteiger partial charge in [0.25, 0.3) is 0 Å². The first-order valence-corrected chi connectivity index (χ1v) is 6.21. The molecule has 0 unspecified atom stereocenters. The molecule has 6 heteroatoms. The van der Waals surface area contributed by atoms with Gasteiger partial charge in [0, 0.05) is 18.7 Å². The molecule has 102 valence electrons. The van der Waals surface area contributed by atoms with Crippen molar-refractivity contribution in [2.24, 2.45) is 0 Å². The summed E-state index contributed by atoms with van der Waals surface area (Å²) in [6, 6.07) is 2.03. The highest BCUT2D eigenvalue weighted by Gasteiger charge is 2.23. The Labute approximate surface area is 111 Å². The van der Waals surface area contributed by atoms with Gasteiger partial charge in [-0.05, 0) is 20.3 Å². The van der Waals surface area contributed by atoms with E-state index in [1.165, 1.54) is 0 Å². The molecule has 1 atom stereocenters. The van der Waals surface area contributed by atoms with Crippen LogP contribution in [0.3, 0.4) is 0 Å². The first-order valence-electron chi connectivity index (χ1n) is 6.21. The number of anilines is 1. The first kappa shape index (κ1) is 13.6. The van der Waals surface area contributed by atoms with Crippen molar-refractivity contribution in [2.45, 2.75) is 26.4 Å². The number of nitrogens with zero attached hydrogens (tertiary/aromatic N) is 2. The number of aliphatic hydroxyl groups is 1. The third-order valence-electron chi connectivity index (χ3n) is 3.36. The number of aliphatic hydroxyl groups excluding tert-OH is 1. The zero-order valence-corrected chi connectivity index (χ0v) is 11.1. The van der Waals surface area contributed by atoms with E-state index in [4.69, 9.17) is 9.68 Å². The summed E-state index contributed by atoms with van der Waals surface area (Å²) in [7, 11) is 0. The molecule has 0 radical (unpaired) electrons. The molecule has 1 saturated heterocycles. The third-order valence-corrected chi connectivity index (χ3v) is 3.36. The minimum absolute atomic E-state index is 0.195. The molecule has 19 heavy (non-hydrogen) atoms. The van der Waals surface area contributed by atoms with Crippen LogP contribution in [0.4, 0.5) is 5.88 Å². The van der Waals surface area contributed by atoms with E-state index in [9.17, 15) is 9.90 Å². The summed E-state index contributed by atoms with van der Waals surface area (Å²) in [6.07, 6.45) is 0.339. The van der Waals surface area contributed by atoms with Crippen molar-refractivity contribution in [3.8, 4) is 6.07 Å². The van der Waals surface area contributed by atoms with E-state index < -0.39 is 0 Å². The van der Waals surface area contributed by atoms with Gasteiger partial charge in [0.2, 0.25) is 11.8 Å². The molecule has 2 N–H and O–H groups in total. The van der Waals surface area contributed by atoms with Gasteiger partial charge in [0.1, 0.15) is 17.4 Å². The van der Waals surface area contributed by atoms with E-state index in [0.717, 1.165) is 5.56 Å². The Morgan fingerprint density at radius 1 is 1.63 bits per heavy atom. The van der Waals surface area contributed by atoms with Crippen molar-refractivity contribution in [1.29, 1.82) is 5.26 Å². The van der Waals surface area contributed by atoms with E-state index in [0.29, 0.717) is 30.8 Å². The number of hydrogen-bond acceptors (Lipinski definition) is 5. The van der Waals surface area contributed by atoms with E-state index in [2.05, 4.69) is 5.32 Å². The number of carbonyl (C=O) groups excluding carboxylic acids is 1. The lowest BCUT2D eigenvalue weighted by Crippen LogP contribution is -2.32. The largest absolute Gasteiger partial charge is 0.444 e. The van der Waals surface area contributed by atoms with Gasteiger partial charge in [-0.2, -0.15) is 5.26 Å². The average Bonchev–Trinajstić information content (AvgIpc) is 2.85. The van der Waals surface area contributed by atoms with Crippen LogP contribution in [0.2, 0.25) is 0 Å². The van der Waals surface area contributed by atoms with Crippen molar-refractivity contribution in [1.82, 2.24) is 4.90 Å². The topological polar surface area (TPSA) is 89.5 Å². The molecule has 0 spiro atoms. The van der Waals surface area contributed by atoms with Gasteiger partial charge in [-0.25, -0.2) is 0 Å². The fraction of sp³-hybridized carbons (Fsp3) is 0.538. The normalized spacial score (nSPS) is 19.4. The third kappa shape index (κ3) is 2.95. The van der Waals surface area contributed by atoms with E-state index in [-0.39, 0.29) is 24.4 Å². The van der Waals surface area contributed by atoms with Crippen LogP contribution in [0.25, 0.3) is 0 Å². The lowest BCUT2D eigenvalue weighted by molar-refractivity contribution is -0.117. The van der Waals surface area contributed by atoms with Crippen LogP contribution in [0.15, 0.2) is 4.42 Å². The smallest absolute Gasteiger partial charge is 0.240 e. The molecule has 1 amide bonds. The SMILES string of the molecule is Cc1oc(NC(=O)CN2CC[C@H](O)C2)c(C#N)c1C. The van der Waals surface area contributed by atoms with Crippen LogP contribution in [0, 0.1) is 25.2 Å². The first-order chi connectivity index (χ1) is 9.01. The van der Waals surface area contributed by atoms with Gasteiger partial charge in [0.15, 0.2) is 0 Å². The highest BCUT2D eigenvalue weighted by molar-refractivity contribution is 5.92. The van der Waals surface area contributed by atoms with Crippen molar-refractivity contribution in [3.05, 3.63) is 16.9 Å². The molecule has 2 rings (SSSR count). The number of rotatable bonds is 3. The Hall–Kier alpha value is -1.84. The molecular formula is C13H17N3O3. The molecule has 1 aromatic rings. The van der Waals surface area contributed by atoms with Crippen LogP contribution < -0.4 is 5.32 Å². The van der Waals surface area contributed by atoms with E-state index in [1.807, 2.05) is 11.0 Å². The fourth-order valence-electron chi connectivity index (χ4n) is 2.17. The number of likely N-dealkylation sites (tertiary alicyclic amines) is 1. The second kappa shape index (κ2) is 5.43. The summed E-state index contributed by atoms with van der Waals surface area (Å²) in [5, 5.41) is 21.0. The number of amides is 1. The second-order valence-electron chi connectivity index (χ2n) is 4.82. The summed E-state index contributed by atoms with van der Waals surface area (Å²) in [5.41, 5.74) is 1.11. The van der Waals surface area contributed by atoms with Gasteiger partial charge >= 0.3 is 0 Å². The Morgan fingerprint density at radius 2 is 2.37 bits per heavy atom. The number of hydrogen-bond donors (Lipinski definition) is 2. The molecule has 2 heterocycles. The maximum absolute atomic E-state index is 11.9. The van der Waals surface area contributed by atoms with Crippen molar-refractivity contribution < 1.29 is 14.3 Å². The maximum atomic E-state index is 11.9. The lowest BCUT2D eigenvalue weighted by atomic mass is 10.2. The van der Waals surface area contributed by atoms with E-state index in [1.54, 1.807) is 13.8 Å². The number of carbonyl (C=O) groups is 1. The van der Waals surface area contributed by atoms with Crippen molar-refractivity contribution in [2.75, 3.05) is 25.0 Å². The van der Waals surface area contributed by atoms with Crippen LogP contribution in [0.1, 0.15) is 23.3 Å². The zero-order valence-electron chi connectivity index (χ0n) is 11.1.